The lowest BCUT2D eigenvalue weighted by molar-refractivity contribution is -0.870. The van der Waals surface area contributed by atoms with Gasteiger partial charge in [0.1, 0.15) is 13.2 Å². The molecule has 0 saturated heterocycles. The van der Waals surface area contributed by atoms with Crippen molar-refractivity contribution in [3.63, 3.8) is 0 Å². The summed E-state index contributed by atoms with van der Waals surface area (Å²) in [5.41, 5.74) is 0. The monoisotopic (exact) mass is 1200 g/mol. The summed E-state index contributed by atoms with van der Waals surface area (Å²) in [6.07, 6.45) is 91.0. The Labute approximate surface area is 523 Å². The Morgan fingerprint density at radius 2 is 0.690 bits per heavy atom. The highest BCUT2D eigenvalue weighted by Crippen LogP contribution is 2.43. The molecule has 1 amide bonds. The Bertz CT molecular complexity index is 1550. The van der Waals surface area contributed by atoms with Crippen LogP contribution in [-0.4, -0.2) is 73.4 Å². The number of hydrogen-bond donors (Lipinski definition) is 3. The lowest BCUT2D eigenvalue weighted by Gasteiger charge is -2.25. The van der Waals surface area contributed by atoms with Crippen molar-refractivity contribution in [3.05, 3.63) is 60.8 Å². The first kappa shape index (κ1) is 82.2. The van der Waals surface area contributed by atoms with E-state index in [2.05, 4.69) is 67.8 Å². The standard InChI is InChI=1S/C75H143N2O6P/c1-6-8-10-12-14-16-18-20-22-24-26-28-30-32-34-36-37-38-39-41-43-45-47-49-51-53-55-57-59-61-63-65-67-69-75(79)76-73(72-83-84(80,81)82-71-70-77(3,4)5)74(78)68-66-64-62-60-58-56-54-52-50-48-46-44-42-40-35-33-31-29-27-25-23-21-19-17-15-13-11-9-7-2/h18,20,24,26,30,32,58,60,66,68,73-74,78H,6-17,19,21-23,25,27-29,31,33-57,59,61-65,67,69-72H2,1-5H3,(H-,76,79,80,81)/p+1/b20-18-,26-24-,32-30-,60-58+,68-66+. The second-order valence-electron chi connectivity index (χ2n) is 26.3. The largest absolute Gasteiger partial charge is 0.472 e. The molecular weight excluding hydrogens is 1060 g/mol. The van der Waals surface area contributed by atoms with E-state index in [9.17, 15) is 19.4 Å². The lowest BCUT2D eigenvalue weighted by Crippen LogP contribution is -2.45. The number of unbranched alkanes of at least 4 members (excludes halogenated alkanes) is 47. The molecule has 0 aromatic rings. The number of nitrogens with zero attached hydrogens (tertiary/aromatic N) is 1. The zero-order chi connectivity index (χ0) is 61.2. The highest BCUT2D eigenvalue weighted by molar-refractivity contribution is 7.47. The van der Waals surface area contributed by atoms with Crippen LogP contribution in [0.2, 0.25) is 0 Å². The molecule has 8 nitrogen and oxygen atoms in total. The Balaban J connectivity index is 4.06. The third-order valence-electron chi connectivity index (χ3n) is 16.7. The number of carbonyl (C=O) groups excluding carboxylic acids is 1. The summed E-state index contributed by atoms with van der Waals surface area (Å²) < 4.78 is 23.8. The van der Waals surface area contributed by atoms with Crippen LogP contribution in [0.1, 0.15) is 361 Å². The molecular formula is C75H144N2O6P+. The molecule has 0 spiro atoms. The second-order valence-corrected chi connectivity index (χ2v) is 27.8. The molecule has 0 fully saturated rings. The van der Waals surface area contributed by atoms with Crippen LogP contribution in [-0.2, 0) is 18.4 Å². The third-order valence-corrected chi connectivity index (χ3v) is 17.7. The fourth-order valence-electron chi connectivity index (χ4n) is 11.0. The number of quaternary nitrogens is 1. The average Bonchev–Trinajstić information content (AvgIpc) is 3.56. The molecule has 0 saturated carbocycles. The van der Waals surface area contributed by atoms with Gasteiger partial charge in [-0.1, -0.05) is 344 Å². The minimum absolute atomic E-state index is 0.0563. The van der Waals surface area contributed by atoms with Crippen LogP contribution in [0.4, 0.5) is 0 Å². The molecule has 0 aliphatic carbocycles. The highest BCUT2D eigenvalue weighted by Gasteiger charge is 2.28. The molecule has 3 atom stereocenters. The Morgan fingerprint density at radius 3 is 1.04 bits per heavy atom. The van der Waals surface area contributed by atoms with E-state index in [1.165, 1.54) is 289 Å². The topological polar surface area (TPSA) is 105 Å². The molecule has 0 aliphatic heterocycles. The van der Waals surface area contributed by atoms with Gasteiger partial charge in [0.15, 0.2) is 0 Å². The van der Waals surface area contributed by atoms with Crippen LogP contribution in [0.3, 0.4) is 0 Å². The number of aliphatic hydroxyl groups is 1. The number of aliphatic hydroxyl groups excluding tert-OH is 1. The first-order valence-corrected chi connectivity index (χ1v) is 38.2. The zero-order valence-corrected chi connectivity index (χ0v) is 57.5. The van der Waals surface area contributed by atoms with Crippen molar-refractivity contribution in [2.75, 3.05) is 40.9 Å². The molecule has 0 rings (SSSR count). The normalized spacial score (nSPS) is 13.9. The molecule has 0 aromatic heterocycles. The van der Waals surface area contributed by atoms with Gasteiger partial charge in [-0.2, -0.15) is 0 Å². The number of phosphoric ester groups is 1. The van der Waals surface area contributed by atoms with Crippen molar-refractivity contribution in [3.8, 4) is 0 Å². The number of nitrogens with one attached hydrogen (secondary N) is 1. The van der Waals surface area contributed by atoms with Gasteiger partial charge >= 0.3 is 7.82 Å². The van der Waals surface area contributed by atoms with E-state index in [1.54, 1.807) is 6.08 Å². The van der Waals surface area contributed by atoms with E-state index in [-0.39, 0.29) is 19.1 Å². The Hall–Kier alpha value is -1.80. The van der Waals surface area contributed by atoms with E-state index < -0.39 is 20.0 Å². The van der Waals surface area contributed by atoms with Gasteiger partial charge in [0.2, 0.25) is 5.91 Å². The molecule has 0 aromatic carbocycles. The summed E-state index contributed by atoms with van der Waals surface area (Å²) >= 11 is 0. The van der Waals surface area contributed by atoms with E-state index in [0.717, 1.165) is 51.4 Å². The summed E-state index contributed by atoms with van der Waals surface area (Å²) in [5, 5.41) is 14.0. The Morgan fingerprint density at radius 1 is 0.405 bits per heavy atom. The fourth-order valence-corrected chi connectivity index (χ4v) is 11.7. The summed E-state index contributed by atoms with van der Waals surface area (Å²) in [6.45, 7) is 4.83. The smallest absolute Gasteiger partial charge is 0.387 e. The minimum atomic E-state index is -4.36. The number of allylic oxidation sites excluding steroid dienone is 9. The maximum atomic E-state index is 13.1. The number of phosphoric acid groups is 1. The maximum absolute atomic E-state index is 13.1. The number of amides is 1. The molecule has 0 radical (unpaired) electrons. The molecule has 3 N–H and O–H groups in total. The minimum Gasteiger partial charge on any atom is -0.387 e. The molecule has 494 valence electrons. The van der Waals surface area contributed by atoms with Crippen LogP contribution in [0.5, 0.6) is 0 Å². The summed E-state index contributed by atoms with van der Waals surface area (Å²) in [6, 6.07) is -0.866. The molecule has 84 heavy (non-hydrogen) atoms. The van der Waals surface area contributed by atoms with Gasteiger partial charge in [0, 0.05) is 6.42 Å². The van der Waals surface area contributed by atoms with Crippen LogP contribution in [0, 0.1) is 0 Å². The SMILES string of the molecule is CCCCCCC/C=C\C/C=C\C/C=C\CCCCCCCCCCCCCCCCCCCCC(=O)NC(COP(=O)(O)OCC[N+](C)(C)C)C(O)/C=C/CC/C=C/CCCCCCCCCCCCCCCCCCCCCCCCC. The van der Waals surface area contributed by atoms with Crippen molar-refractivity contribution >= 4 is 13.7 Å². The summed E-state index contributed by atoms with van der Waals surface area (Å²) in [7, 11) is 1.57. The maximum Gasteiger partial charge on any atom is 0.472 e. The number of hydrogen-bond acceptors (Lipinski definition) is 5. The lowest BCUT2D eigenvalue weighted by atomic mass is 10.0. The van der Waals surface area contributed by atoms with E-state index in [4.69, 9.17) is 9.05 Å². The van der Waals surface area contributed by atoms with Gasteiger partial charge in [-0.3, -0.25) is 13.8 Å². The predicted octanol–water partition coefficient (Wildman–Crippen LogP) is 23.6. The van der Waals surface area contributed by atoms with Gasteiger partial charge in [-0.25, -0.2) is 4.57 Å². The highest BCUT2D eigenvalue weighted by atomic mass is 31.2. The van der Waals surface area contributed by atoms with Gasteiger partial charge in [-0.05, 0) is 70.6 Å². The van der Waals surface area contributed by atoms with Crippen molar-refractivity contribution in [1.82, 2.24) is 5.32 Å². The quantitative estimate of drug-likeness (QED) is 0.0243. The Kier molecular flexibility index (Phi) is 64.2. The summed E-state index contributed by atoms with van der Waals surface area (Å²) in [4.78, 5) is 23.4. The van der Waals surface area contributed by atoms with Gasteiger partial charge < -0.3 is 19.8 Å². The van der Waals surface area contributed by atoms with E-state index >= 15 is 0 Å². The van der Waals surface area contributed by atoms with Crippen molar-refractivity contribution in [2.24, 2.45) is 0 Å². The predicted molar refractivity (Wildman–Crippen MR) is 369 cm³/mol. The van der Waals surface area contributed by atoms with Crippen molar-refractivity contribution in [1.29, 1.82) is 0 Å². The number of rotatable bonds is 68. The molecule has 9 heteroatoms. The first-order chi connectivity index (χ1) is 41.0. The molecule has 0 heterocycles. The fraction of sp³-hybridized carbons (Fsp3) is 0.853. The number of likely N-dealkylation sites (N-methyl/N-ethyl adjacent to an activating group) is 1. The average molecular weight is 1200 g/mol. The van der Waals surface area contributed by atoms with E-state index in [1.807, 2.05) is 27.2 Å². The van der Waals surface area contributed by atoms with E-state index in [0.29, 0.717) is 17.4 Å². The van der Waals surface area contributed by atoms with Crippen LogP contribution in [0.15, 0.2) is 60.8 Å². The van der Waals surface area contributed by atoms with Crippen LogP contribution < -0.4 is 5.32 Å². The van der Waals surface area contributed by atoms with Crippen molar-refractivity contribution in [2.45, 2.75) is 373 Å². The number of carbonyl (C=O) groups is 1. The molecule has 0 bridgehead atoms. The van der Waals surface area contributed by atoms with Gasteiger partial charge in [0.05, 0.1) is 39.9 Å². The summed E-state index contributed by atoms with van der Waals surface area (Å²) in [5.74, 6) is -0.182. The zero-order valence-electron chi connectivity index (χ0n) is 56.7. The second kappa shape index (κ2) is 65.6. The van der Waals surface area contributed by atoms with Gasteiger partial charge in [-0.15, -0.1) is 0 Å². The van der Waals surface area contributed by atoms with Gasteiger partial charge in [0.25, 0.3) is 0 Å². The van der Waals surface area contributed by atoms with Crippen LogP contribution >= 0.6 is 7.82 Å². The molecule has 3 unspecified atom stereocenters. The van der Waals surface area contributed by atoms with Crippen molar-refractivity contribution < 1.29 is 32.9 Å². The first-order valence-electron chi connectivity index (χ1n) is 36.7. The third kappa shape index (κ3) is 67.7. The molecule has 0 aliphatic rings. The van der Waals surface area contributed by atoms with Crippen LogP contribution in [0.25, 0.3) is 0 Å².